The van der Waals surface area contributed by atoms with Gasteiger partial charge in [0, 0.05) is 114 Å². The van der Waals surface area contributed by atoms with Gasteiger partial charge >= 0.3 is 0 Å². The highest BCUT2D eigenvalue weighted by Crippen LogP contribution is 2.56. The zero-order valence-corrected chi connectivity index (χ0v) is 79.3. The maximum absolute atomic E-state index is 4.45. The first-order valence-corrected chi connectivity index (χ1v) is 47.6. The summed E-state index contributed by atoms with van der Waals surface area (Å²) in [6.45, 7) is 33.1. The van der Waals surface area contributed by atoms with Gasteiger partial charge in [-0.2, -0.15) is 0 Å². The first-order chi connectivity index (χ1) is 65.6. The molecular weight excluding hydrogens is 1640 g/mol. The molecule has 0 bridgehead atoms. The zero-order valence-electron chi connectivity index (χ0n) is 79.3. The van der Waals surface area contributed by atoms with Crippen molar-refractivity contribution in [3.63, 3.8) is 0 Å². The minimum Gasteiger partial charge on any atom is -0.356 e. The summed E-state index contributed by atoms with van der Waals surface area (Å²) in [6.07, 6.45) is 0. The Morgan fingerprint density at radius 2 is 0.437 bits per heavy atom. The molecule has 0 fully saturated rings. The molecule has 650 valence electrons. The first-order valence-electron chi connectivity index (χ1n) is 47.6. The van der Waals surface area contributed by atoms with E-state index in [-0.39, 0.29) is 13.4 Å². The molecule has 9 nitrogen and oxygen atoms in total. The molecule has 0 atom stereocenters. The summed E-state index contributed by atoms with van der Waals surface area (Å²) in [5.41, 5.74) is 57.8. The van der Waals surface area contributed by atoms with Crippen LogP contribution in [-0.4, -0.2) is 20.1 Å². The van der Waals surface area contributed by atoms with Gasteiger partial charge in [-0.25, -0.2) is 0 Å². The van der Waals surface area contributed by atoms with Gasteiger partial charge in [-0.3, -0.25) is 0 Å². The molecule has 18 aromatic carbocycles. The number of hydrogen-bond acceptors (Lipinski definition) is 9. The predicted octanol–water partition coefficient (Wildman–Crippen LogP) is 27.2. The average Bonchev–Trinajstić information content (AvgIpc) is 0.673. The quantitative estimate of drug-likeness (QED) is 0.107. The van der Waals surface area contributed by atoms with Crippen LogP contribution < -0.4 is 93.7 Å². The number of hydrogen-bond donors (Lipinski definition) is 1. The molecule has 135 heavy (non-hydrogen) atoms. The Bertz CT molecular complexity index is 7710. The van der Waals surface area contributed by atoms with E-state index in [1.807, 2.05) is 0 Å². The lowest BCUT2D eigenvalue weighted by molar-refractivity contribution is 1.17. The highest BCUT2D eigenvalue weighted by molar-refractivity contribution is 7.04. The fraction of sp³-hybridized carbons (Fsp3) is 0.122. The Hall–Kier alpha value is -15.6. The fourth-order valence-electron chi connectivity index (χ4n) is 23.6. The van der Waals surface area contributed by atoms with E-state index in [0.717, 1.165) is 148 Å². The number of para-hydroxylation sites is 4. The van der Waals surface area contributed by atoms with Gasteiger partial charge in [0.25, 0.3) is 20.1 Å². The van der Waals surface area contributed by atoms with E-state index >= 15 is 0 Å². The van der Waals surface area contributed by atoms with Gasteiger partial charge in [-0.05, 0) is 344 Å². The van der Waals surface area contributed by atoms with Crippen molar-refractivity contribution in [3.05, 3.63) is 435 Å². The van der Waals surface area contributed by atoms with E-state index in [4.69, 9.17) is 0 Å². The Balaban J connectivity index is 0.851. The predicted molar refractivity (Wildman–Crippen MR) is 579 cm³/mol. The maximum Gasteiger partial charge on any atom is 0.252 e. The summed E-state index contributed by atoms with van der Waals surface area (Å²) in [4.78, 5) is 20.8. The van der Waals surface area contributed by atoms with Crippen LogP contribution in [0.4, 0.5) is 148 Å². The Morgan fingerprint density at radius 1 is 0.178 bits per heavy atom. The molecule has 1 N–H and O–H groups in total. The standard InChI is InChI=1S/C123H104B3N9/c1-74-34-46-91(47-35-74)128(92-48-36-75(2)37-49-92)97-64-107-118-113(65-97)131(89-26-18-16-19-27-89)108-32-24-22-30-100(108)124(118)102-70-103-110(72-106(102)127-107)133(121-83(10)58-80(7)59-84(121)11)116-68-99(130(95-54-42-78(5)43-55-95)96-56-44-79(6)45-57-96)69-117-120(116)126(103)105-71-104-111(73-112(105)135(117)123-87(14)62-82(9)63-88(123)15)134(122-85(12)60-81(8)61-86(122)13)115-67-98(129(93-50-38-76(3)39-51-93)94-52-40-77(4)41-53-94)66-114-119(115)125(104)101-31-23-25-33-109(101)132(114)90-28-20-17-21-29-90/h16-73,127H,1-15H3. The van der Waals surface area contributed by atoms with Gasteiger partial charge in [0.15, 0.2) is 0 Å². The molecule has 0 aromatic heterocycles. The number of nitrogens with one attached hydrogen (secondary N) is 1. The van der Waals surface area contributed by atoms with Crippen LogP contribution >= 0.6 is 0 Å². The molecule has 12 heteroatoms. The molecule has 6 aliphatic rings. The van der Waals surface area contributed by atoms with Gasteiger partial charge < -0.3 is 44.5 Å². The van der Waals surface area contributed by atoms with Crippen LogP contribution in [0.5, 0.6) is 0 Å². The van der Waals surface area contributed by atoms with Crippen LogP contribution in [-0.2, 0) is 0 Å². The lowest BCUT2D eigenvalue weighted by Gasteiger charge is -2.49. The number of fused-ring (bicyclic) bond motifs is 12. The molecule has 0 radical (unpaired) electrons. The van der Waals surface area contributed by atoms with Crippen molar-refractivity contribution in [2.24, 2.45) is 0 Å². The number of nitrogens with zero attached hydrogens (tertiary/aromatic N) is 8. The molecular formula is C123H104B3N9. The molecule has 0 saturated heterocycles. The minimum absolute atomic E-state index is 0.236. The van der Waals surface area contributed by atoms with E-state index in [1.54, 1.807) is 0 Å². The van der Waals surface area contributed by atoms with E-state index in [2.05, 4.69) is 500 Å². The number of anilines is 26. The summed E-state index contributed by atoms with van der Waals surface area (Å²) in [5, 5.41) is 4.45. The molecule has 0 aliphatic carbocycles. The Morgan fingerprint density at radius 3 is 0.763 bits per heavy atom. The fourth-order valence-corrected chi connectivity index (χ4v) is 23.6. The SMILES string of the molecule is Cc1ccc(N(c2ccc(C)cc2)c2cc3c4c(c2)N(c2ccccc2)c2ccccc2B4c2cc4c(cc2N3)N(c2c(C)cc(C)cc2C)c2cc(N(c3ccc(C)cc3)c3ccc(C)cc3)cc3c2B4c2cc4c(cc2N3c2c(C)cc(C)cc2C)N(c2c(C)cc(C)cc2C)c2cc(N(c3ccc(C)cc3)c3ccc(C)cc3)cc3c2B4c2ccccc2N3c2ccccc2)cc1. The average molecular weight is 1740 g/mol. The van der Waals surface area contributed by atoms with Crippen molar-refractivity contribution in [1.29, 1.82) is 0 Å². The Labute approximate surface area is 795 Å². The largest absolute Gasteiger partial charge is 0.356 e. The van der Waals surface area contributed by atoms with Crippen molar-refractivity contribution in [2.75, 3.05) is 44.5 Å². The van der Waals surface area contributed by atoms with Crippen LogP contribution in [0.3, 0.4) is 0 Å². The van der Waals surface area contributed by atoms with Crippen molar-refractivity contribution >= 4 is 217 Å². The molecule has 6 aliphatic heterocycles. The summed E-state index contributed by atoms with van der Waals surface area (Å²) < 4.78 is 0. The van der Waals surface area contributed by atoms with Gasteiger partial charge in [-0.1, -0.05) is 244 Å². The number of rotatable bonds is 14. The van der Waals surface area contributed by atoms with Crippen molar-refractivity contribution < 1.29 is 0 Å². The van der Waals surface area contributed by atoms with Crippen LogP contribution in [0, 0.1) is 104 Å². The molecule has 24 rings (SSSR count). The van der Waals surface area contributed by atoms with Crippen LogP contribution in [0.15, 0.2) is 352 Å². The normalized spacial score (nSPS) is 13.1. The highest BCUT2D eigenvalue weighted by Gasteiger charge is 2.52. The number of benzene rings is 18. The smallest absolute Gasteiger partial charge is 0.252 e. The van der Waals surface area contributed by atoms with Gasteiger partial charge in [0.2, 0.25) is 0 Å². The zero-order chi connectivity index (χ0) is 91.9. The van der Waals surface area contributed by atoms with Gasteiger partial charge in [0.1, 0.15) is 0 Å². The van der Waals surface area contributed by atoms with Crippen LogP contribution in [0.25, 0.3) is 0 Å². The third-order valence-corrected chi connectivity index (χ3v) is 29.2. The topological polar surface area (TPSA) is 38.0 Å². The van der Waals surface area contributed by atoms with E-state index in [0.29, 0.717) is 0 Å². The monoisotopic (exact) mass is 1740 g/mol. The van der Waals surface area contributed by atoms with E-state index < -0.39 is 6.71 Å². The van der Waals surface area contributed by atoms with Crippen LogP contribution in [0.1, 0.15) is 83.5 Å². The molecule has 6 heterocycles. The van der Waals surface area contributed by atoms with Gasteiger partial charge in [0.05, 0.1) is 34.1 Å². The molecule has 0 unspecified atom stereocenters. The summed E-state index contributed by atoms with van der Waals surface area (Å²) in [6, 6.07) is 136. The second-order valence-electron chi connectivity index (χ2n) is 38.8. The van der Waals surface area contributed by atoms with Crippen molar-refractivity contribution in [2.45, 2.75) is 104 Å². The molecule has 0 saturated carbocycles. The minimum atomic E-state index is -0.390. The van der Waals surface area contributed by atoms with Gasteiger partial charge in [-0.15, -0.1) is 0 Å². The molecule has 18 aromatic rings. The van der Waals surface area contributed by atoms with Crippen molar-refractivity contribution in [3.8, 4) is 0 Å². The molecule has 0 spiro atoms. The lowest BCUT2D eigenvalue weighted by atomic mass is 9.29. The maximum atomic E-state index is 4.45. The summed E-state index contributed by atoms with van der Waals surface area (Å²) in [5.74, 6) is 0. The lowest BCUT2D eigenvalue weighted by Crippen LogP contribution is -2.66. The summed E-state index contributed by atoms with van der Waals surface area (Å²) in [7, 11) is 0. The third-order valence-electron chi connectivity index (χ3n) is 29.2. The van der Waals surface area contributed by atoms with E-state index in [1.165, 1.54) is 133 Å². The van der Waals surface area contributed by atoms with Crippen molar-refractivity contribution in [1.82, 2.24) is 0 Å². The summed E-state index contributed by atoms with van der Waals surface area (Å²) >= 11 is 0. The molecule has 0 amide bonds. The first kappa shape index (κ1) is 82.5. The third kappa shape index (κ3) is 13.4. The second-order valence-corrected chi connectivity index (χ2v) is 38.8. The van der Waals surface area contributed by atoms with Crippen LogP contribution in [0.2, 0.25) is 0 Å². The Kier molecular flexibility index (Phi) is 19.4. The second kappa shape index (κ2) is 31.8. The van der Waals surface area contributed by atoms with E-state index in [9.17, 15) is 0 Å². The highest BCUT2D eigenvalue weighted by atomic mass is 15.2. The number of aryl methyl sites for hydroxylation is 15.